The highest BCUT2D eigenvalue weighted by atomic mass is 35.5. The maximum Gasteiger partial charge on any atom is 0.0708 e. The first-order chi connectivity index (χ1) is 6.70. The van der Waals surface area contributed by atoms with Gasteiger partial charge in [-0.1, -0.05) is 6.07 Å². The Balaban J connectivity index is 2.70. The van der Waals surface area contributed by atoms with Gasteiger partial charge in [-0.25, -0.2) is 0 Å². The Morgan fingerprint density at radius 1 is 1.14 bits per heavy atom. The van der Waals surface area contributed by atoms with Crippen LogP contribution in [-0.2, 0) is 5.88 Å². The molecule has 1 heterocycles. The van der Waals surface area contributed by atoms with Crippen LogP contribution >= 0.6 is 11.6 Å². The normalized spacial score (nSPS) is 10.8. The van der Waals surface area contributed by atoms with Crippen molar-refractivity contribution in [3.8, 4) is 0 Å². The van der Waals surface area contributed by atoms with E-state index in [1.165, 1.54) is 16.5 Å². The van der Waals surface area contributed by atoms with Crippen molar-refractivity contribution in [2.75, 3.05) is 0 Å². The topological polar surface area (TPSA) is 12.9 Å². The molecule has 72 valence electrons. The third kappa shape index (κ3) is 1.60. The highest BCUT2D eigenvalue weighted by Gasteiger charge is 2.00. The van der Waals surface area contributed by atoms with Crippen LogP contribution in [0, 0.1) is 13.8 Å². The number of rotatable bonds is 1. The summed E-state index contributed by atoms with van der Waals surface area (Å²) >= 11 is 5.74. The summed E-state index contributed by atoms with van der Waals surface area (Å²) in [6, 6.07) is 8.33. The average Bonchev–Trinajstić information content (AvgIpc) is 2.19. The molecule has 0 bridgehead atoms. The van der Waals surface area contributed by atoms with E-state index in [1.807, 2.05) is 6.07 Å². The summed E-state index contributed by atoms with van der Waals surface area (Å²) in [6.45, 7) is 4.22. The number of nitrogens with zero attached hydrogens (tertiary/aromatic N) is 1. The van der Waals surface area contributed by atoms with E-state index >= 15 is 0 Å². The molecule has 0 unspecified atom stereocenters. The fourth-order valence-electron chi connectivity index (χ4n) is 1.51. The summed E-state index contributed by atoms with van der Waals surface area (Å²) in [5.74, 6) is 0.475. The van der Waals surface area contributed by atoms with Crippen molar-refractivity contribution in [2.24, 2.45) is 0 Å². The molecule has 0 amide bonds. The van der Waals surface area contributed by atoms with Crippen molar-refractivity contribution in [1.29, 1.82) is 0 Å². The van der Waals surface area contributed by atoms with Crippen LogP contribution < -0.4 is 0 Å². The number of benzene rings is 1. The Morgan fingerprint density at radius 3 is 2.57 bits per heavy atom. The van der Waals surface area contributed by atoms with Crippen molar-refractivity contribution in [2.45, 2.75) is 19.7 Å². The number of hydrogen-bond donors (Lipinski definition) is 0. The highest BCUT2D eigenvalue weighted by Crippen LogP contribution is 2.18. The third-order valence-electron chi connectivity index (χ3n) is 2.50. The van der Waals surface area contributed by atoms with Gasteiger partial charge in [-0.3, -0.25) is 4.98 Å². The molecule has 14 heavy (non-hydrogen) atoms. The Kier molecular flexibility index (Phi) is 2.42. The number of pyridine rings is 1. The van der Waals surface area contributed by atoms with E-state index in [4.69, 9.17) is 11.6 Å². The number of aromatic nitrogens is 1. The molecular weight excluding hydrogens is 194 g/mol. The second-order valence-electron chi connectivity index (χ2n) is 3.57. The van der Waals surface area contributed by atoms with E-state index in [2.05, 4.69) is 37.0 Å². The average molecular weight is 206 g/mol. The van der Waals surface area contributed by atoms with E-state index in [0.717, 1.165) is 11.2 Å². The van der Waals surface area contributed by atoms with Crippen LogP contribution in [0.4, 0.5) is 0 Å². The van der Waals surface area contributed by atoms with Gasteiger partial charge < -0.3 is 0 Å². The molecule has 0 spiro atoms. The van der Waals surface area contributed by atoms with Crippen molar-refractivity contribution in [3.63, 3.8) is 0 Å². The second-order valence-corrected chi connectivity index (χ2v) is 3.83. The first-order valence-corrected chi connectivity index (χ1v) is 5.17. The van der Waals surface area contributed by atoms with Crippen molar-refractivity contribution < 1.29 is 0 Å². The molecule has 0 fully saturated rings. The van der Waals surface area contributed by atoms with E-state index < -0.39 is 0 Å². The molecule has 0 aliphatic rings. The zero-order valence-corrected chi connectivity index (χ0v) is 9.10. The lowest BCUT2D eigenvalue weighted by Gasteiger charge is -2.04. The van der Waals surface area contributed by atoms with Crippen molar-refractivity contribution in [1.82, 2.24) is 4.98 Å². The predicted molar refractivity (Wildman–Crippen MR) is 60.8 cm³/mol. The van der Waals surface area contributed by atoms with Gasteiger partial charge in [-0.2, -0.15) is 0 Å². The number of alkyl halides is 1. The van der Waals surface area contributed by atoms with E-state index in [0.29, 0.717) is 5.88 Å². The Hall–Kier alpha value is -1.08. The van der Waals surface area contributed by atoms with Crippen LogP contribution in [-0.4, -0.2) is 4.98 Å². The van der Waals surface area contributed by atoms with Crippen molar-refractivity contribution in [3.05, 3.63) is 41.1 Å². The predicted octanol–water partition coefficient (Wildman–Crippen LogP) is 3.59. The maximum absolute atomic E-state index is 5.74. The molecule has 0 saturated carbocycles. The molecule has 0 N–H and O–H groups in total. The second kappa shape index (κ2) is 3.58. The molecule has 1 aromatic heterocycles. The molecule has 2 heteroatoms. The first kappa shape index (κ1) is 9.47. The Bertz CT molecular complexity index is 477. The summed E-state index contributed by atoms with van der Waals surface area (Å²) in [4.78, 5) is 4.46. The molecule has 0 radical (unpaired) electrons. The molecule has 0 atom stereocenters. The van der Waals surface area contributed by atoms with Gasteiger partial charge in [0.05, 0.1) is 17.1 Å². The first-order valence-electron chi connectivity index (χ1n) is 4.63. The molecule has 2 rings (SSSR count). The van der Waals surface area contributed by atoms with Gasteiger partial charge >= 0.3 is 0 Å². The van der Waals surface area contributed by atoms with Gasteiger partial charge in [-0.15, -0.1) is 11.6 Å². The zero-order valence-electron chi connectivity index (χ0n) is 8.34. The smallest absolute Gasteiger partial charge is 0.0708 e. The minimum atomic E-state index is 0.475. The Morgan fingerprint density at radius 2 is 1.86 bits per heavy atom. The summed E-state index contributed by atoms with van der Waals surface area (Å²) in [7, 11) is 0. The quantitative estimate of drug-likeness (QED) is 0.649. The lowest BCUT2D eigenvalue weighted by molar-refractivity contribution is 1.21. The van der Waals surface area contributed by atoms with Crippen LogP contribution in [0.25, 0.3) is 10.9 Å². The van der Waals surface area contributed by atoms with Crippen molar-refractivity contribution >= 4 is 22.5 Å². The number of hydrogen-bond acceptors (Lipinski definition) is 1. The molecule has 2 aromatic rings. The molecule has 0 saturated heterocycles. The summed E-state index contributed by atoms with van der Waals surface area (Å²) in [5, 5.41) is 1.18. The summed E-state index contributed by atoms with van der Waals surface area (Å²) in [6.07, 6.45) is 0. The van der Waals surface area contributed by atoms with Crippen LogP contribution in [0.3, 0.4) is 0 Å². The SMILES string of the molecule is Cc1cc2ccc(CCl)nc2cc1C. The van der Waals surface area contributed by atoms with Gasteiger partial charge in [-0.05, 0) is 43.2 Å². The number of aryl methyl sites for hydroxylation is 2. The molecular formula is C12H12ClN. The van der Waals surface area contributed by atoms with Crippen LogP contribution in [0.1, 0.15) is 16.8 Å². The zero-order chi connectivity index (χ0) is 10.1. The van der Waals surface area contributed by atoms with E-state index in [1.54, 1.807) is 0 Å². The van der Waals surface area contributed by atoms with Gasteiger partial charge in [0, 0.05) is 5.39 Å². The van der Waals surface area contributed by atoms with E-state index in [-0.39, 0.29) is 0 Å². The molecule has 0 aliphatic carbocycles. The third-order valence-corrected chi connectivity index (χ3v) is 2.77. The Labute approximate surface area is 88.7 Å². The highest BCUT2D eigenvalue weighted by molar-refractivity contribution is 6.16. The fraction of sp³-hybridized carbons (Fsp3) is 0.250. The lowest BCUT2D eigenvalue weighted by Crippen LogP contribution is -1.88. The largest absolute Gasteiger partial charge is 0.252 e. The van der Waals surface area contributed by atoms with Crippen LogP contribution in [0.2, 0.25) is 0 Å². The fourth-order valence-corrected chi connectivity index (χ4v) is 1.65. The van der Waals surface area contributed by atoms with E-state index in [9.17, 15) is 0 Å². The monoisotopic (exact) mass is 205 g/mol. The number of halogens is 1. The number of fused-ring (bicyclic) bond motifs is 1. The minimum absolute atomic E-state index is 0.475. The van der Waals surface area contributed by atoms with Crippen LogP contribution in [0.5, 0.6) is 0 Å². The summed E-state index contributed by atoms with van der Waals surface area (Å²) < 4.78 is 0. The van der Waals surface area contributed by atoms with Gasteiger partial charge in [0.25, 0.3) is 0 Å². The molecule has 1 aromatic carbocycles. The molecule has 1 nitrogen and oxygen atoms in total. The standard InChI is InChI=1S/C12H12ClN/c1-8-5-10-3-4-11(7-13)14-12(10)6-9(8)2/h3-6H,7H2,1-2H3. The van der Waals surface area contributed by atoms with Gasteiger partial charge in [0.2, 0.25) is 0 Å². The van der Waals surface area contributed by atoms with Crippen LogP contribution in [0.15, 0.2) is 24.3 Å². The minimum Gasteiger partial charge on any atom is -0.252 e. The van der Waals surface area contributed by atoms with Gasteiger partial charge in [0.1, 0.15) is 0 Å². The maximum atomic E-state index is 5.74. The molecule has 0 aliphatic heterocycles. The lowest BCUT2D eigenvalue weighted by atomic mass is 10.1. The summed E-state index contributed by atoms with van der Waals surface area (Å²) in [5.41, 5.74) is 4.54. The van der Waals surface area contributed by atoms with Gasteiger partial charge in [0.15, 0.2) is 0 Å².